The van der Waals surface area contributed by atoms with Gasteiger partial charge in [-0.1, -0.05) is 30.3 Å². The van der Waals surface area contributed by atoms with Gasteiger partial charge >= 0.3 is 6.09 Å². The number of amides is 1. The third-order valence-corrected chi connectivity index (χ3v) is 2.63. The minimum Gasteiger partial charge on any atom is -0.497 e. The van der Waals surface area contributed by atoms with Crippen LogP contribution in [-0.4, -0.2) is 13.2 Å². The molecule has 0 aliphatic heterocycles. The normalized spacial score (nSPS) is 10.3. The van der Waals surface area contributed by atoms with Crippen LogP contribution in [0.25, 0.3) is 0 Å². The van der Waals surface area contributed by atoms with Crippen LogP contribution in [0.1, 0.15) is 5.56 Å². The third-order valence-electron chi connectivity index (χ3n) is 2.63. The Morgan fingerprint density at radius 3 is 2.48 bits per heavy atom. The van der Waals surface area contributed by atoms with Gasteiger partial charge in [0.2, 0.25) is 0 Å². The van der Waals surface area contributed by atoms with E-state index in [0.29, 0.717) is 12.2 Å². The fourth-order valence-corrected chi connectivity index (χ4v) is 1.56. The second-order valence-electron chi connectivity index (χ2n) is 4.10. The molecule has 0 saturated heterocycles. The predicted octanol–water partition coefficient (Wildman–Crippen LogP) is 3.62. The number of benzene rings is 2. The maximum Gasteiger partial charge on any atom is 0.435 e. The maximum atomic E-state index is 11.4. The molecule has 0 spiro atoms. The van der Waals surface area contributed by atoms with Crippen molar-refractivity contribution in [3.63, 3.8) is 0 Å². The summed E-state index contributed by atoms with van der Waals surface area (Å²) in [6.45, 7) is 0.373. The Bertz CT molecular complexity index is 597. The van der Waals surface area contributed by atoms with Crippen molar-refractivity contribution >= 4 is 11.8 Å². The molecule has 0 unspecified atom stereocenters. The molecule has 0 aliphatic rings. The van der Waals surface area contributed by atoms with E-state index in [-0.39, 0.29) is 0 Å². The van der Waals surface area contributed by atoms with Gasteiger partial charge < -0.3 is 10.1 Å². The Morgan fingerprint density at radius 2 is 1.81 bits per heavy atom. The molecule has 2 rings (SSSR count). The fourth-order valence-electron chi connectivity index (χ4n) is 1.56. The molecule has 0 heterocycles. The number of nitrogens with one attached hydrogen (secondary N) is 1. The van der Waals surface area contributed by atoms with Gasteiger partial charge in [-0.05, 0) is 29.8 Å². The number of hydrogen-bond acceptors (Lipinski definition) is 5. The number of rotatable bonds is 5. The molecule has 21 heavy (non-hydrogen) atoms. The summed E-state index contributed by atoms with van der Waals surface area (Å²) < 4.78 is 5.02. The molecule has 0 fully saturated rings. The third kappa shape index (κ3) is 4.94. The highest BCUT2D eigenvalue weighted by molar-refractivity contribution is 5.66. The maximum absolute atomic E-state index is 11.4. The Kier molecular flexibility index (Phi) is 5.28. The summed E-state index contributed by atoms with van der Waals surface area (Å²) in [5, 5.41) is 9.71. The quantitative estimate of drug-likeness (QED) is 0.673. The molecule has 0 aromatic heterocycles. The van der Waals surface area contributed by atoms with E-state index >= 15 is 0 Å². The monoisotopic (exact) mass is 285 g/mol. The Hall–Kier alpha value is -2.89. The number of methoxy groups -OCH3 is 1. The van der Waals surface area contributed by atoms with Gasteiger partial charge in [0.05, 0.1) is 12.8 Å². The van der Waals surface area contributed by atoms with Gasteiger partial charge in [-0.2, -0.15) is 0 Å². The summed E-state index contributed by atoms with van der Waals surface area (Å²) in [7, 11) is 1.58. The highest BCUT2D eigenvalue weighted by atomic mass is 16.7. The number of carbonyl (C=O) groups is 1. The predicted molar refractivity (Wildman–Crippen MR) is 77.3 cm³/mol. The summed E-state index contributed by atoms with van der Waals surface area (Å²) in [5.74, 6) is 0.718. The first-order chi connectivity index (χ1) is 10.3. The van der Waals surface area contributed by atoms with Gasteiger partial charge in [0.1, 0.15) is 5.75 Å². The zero-order valence-corrected chi connectivity index (χ0v) is 11.5. The number of nitrogens with zero attached hydrogens (tertiary/aromatic N) is 2. The Balaban J connectivity index is 1.76. The van der Waals surface area contributed by atoms with Crippen LogP contribution in [0.5, 0.6) is 5.75 Å². The zero-order valence-electron chi connectivity index (χ0n) is 11.5. The van der Waals surface area contributed by atoms with Crippen molar-refractivity contribution in [2.24, 2.45) is 10.4 Å². The van der Waals surface area contributed by atoms with Crippen LogP contribution in [-0.2, 0) is 11.4 Å². The van der Waals surface area contributed by atoms with Crippen LogP contribution in [0, 0.1) is 0 Å². The van der Waals surface area contributed by atoms with E-state index in [1.54, 1.807) is 31.4 Å². The van der Waals surface area contributed by atoms with Crippen molar-refractivity contribution < 1.29 is 14.4 Å². The summed E-state index contributed by atoms with van der Waals surface area (Å²) in [4.78, 5) is 16.0. The second-order valence-corrected chi connectivity index (χ2v) is 4.10. The van der Waals surface area contributed by atoms with Gasteiger partial charge in [0, 0.05) is 11.8 Å². The second kappa shape index (κ2) is 7.64. The SMILES string of the molecule is COc1ccc(N=NOC(=O)NCc2ccccc2)cc1. The molecule has 2 aromatic rings. The van der Waals surface area contributed by atoms with Crippen LogP contribution in [0.3, 0.4) is 0 Å². The first-order valence-corrected chi connectivity index (χ1v) is 6.32. The lowest BCUT2D eigenvalue weighted by Crippen LogP contribution is -2.21. The fraction of sp³-hybridized carbons (Fsp3) is 0.133. The highest BCUT2D eigenvalue weighted by Crippen LogP contribution is 2.17. The van der Waals surface area contributed by atoms with Gasteiger partial charge in [-0.25, -0.2) is 4.79 Å². The van der Waals surface area contributed by atoms with Crippen molar-refractivity contribution in [2.75, 3.05) is 7.11 Å². The molecule has 6 nitrogen and oxygen atoms in total. The molecular formula is C15H15N3O3. The molecule has 0 aliphatic carbocycles. The average Bonchev–Trinajstić information content (AvgIpc) is 2.54. The lowest BCUT2D eigenvalue weighted by atomic mass is 10.2. The molecular weight excluding hydrogens is 270 g/mol. The van der Waals surface area contributed by atoms with Gasteiger partial charge in [0.15, 0.2) is 0 Å². The van der Waals surface area contributed by atoms with Gasteiger partial charge in [-0.15, -0.1) is 5.11 Å². The highest BCUT2D eigenvalue weighted by Gasteiger charge is 2.01. The number of ether oxygens (including phenoxy) is 1. The smallest absolute Gasteiger partial charge is 0.435 e. The molecule has 6 heteroatoms. The lowest BCUT2D eigenvalue weighted by molar-refractivity contribution is 0.141. The average molecular weight is 285 g/mol. The first kappa shape index (κ1) is 14.5. The van der Waals surface area contributed by atoms with Crippen molar-refractivity contribution in [3.8, 4) is 5.75 Å². The molecule has 0 radical (unpaired) electrons. The van der Waals surface area contributed by atoms with E-state index in [4.69, 9.17) is 4.74 Å². The Morgan fingerprint density at radius 1 is 1.10 bits per heavy atom. The van der Waals surface area contributed by atoms with Crippen LogP contribution in [0.4, 0.5) is 10.5 Å². The largest absolute Gasteiger partial charge is 0.497 e. The van der Waals surface area contributed by atoms with Crippen molar-refractivity contribution in [1.29, 1.82) is 0 Å². The number of hydrogen-bond donors (Lipinski definition) is 1. The summed E-state index contributed by atoms with van der Waals surface area (Å²) in [6, 6.07) is 16.4. The molecule has 1 amide bonds. The first-order valence-electron chi connectivity index (χ1n) is 6.32. The standard InChI is InChI=1S/C15H15N3O3/c1-20-14-9-7-13(8-10-14)17-18-21-15(19)16-11-12-5-3-2-4-6-12/h2-10H,11H2,1H3,(H,16,19). The minimum atomic E-state index is -0.656. The summed E-state index contributed by atoms with van der Waals surface area (Å²) in [5.41, 5.74) is 1.54. The minimum absolute atomic E-state index is 0.373. The van der Waals surface area contributed by atoms with E-state index in [1.165, 1.54) is 0 Å². The van der Waals surface area contributed by atoms with Gasteiger partial charge in [-0.3, -0.25) is 4.84 Å². The van der Waals surface area contributed by atoms with E-state index in [0.717, 1.165) is 11.3 Å². The molecule has 0 atom stereocenters. The van der Waals surface area contributed by atoms with Crippen molar-refractivity contribution in [1.82, 2.24) is 5.32 Å². The van der Waals surface area contributed by atoms with Crippen LogP contribution >= 0.6 is 0 Å². The van der Waals surface area contributed by atoms with Crippen molar-refractivity contribution in [2.45, 2.75) is 6.54 Å². The van der Waals surface area contributed by atoms with E-state index in [1.807, 2.05) is 30.3 Å². The number of carbonyl (C=O) groups excluding carboxylic acids is 1. The van der Waals surface area contributed by atoms with Crippen LogP contribution in [0.2, 0.25) is 0 Å². The molecule has 1 N–H and O–H groups in total. The molecule has 0 bridgehead atoms. The van der Waals surface area contributed by atoms with E-state index in [2.05, 4.69) is 20.5 Å². The van der Waals surface area contributed by atoms with E-state index < -0.39 is 6.09 Å². The van der Waals surface area contributed by atoms with Gasteiger partial charge in [0.25, 0.3) is 0 Å². The molecule has 108 valence electrons. The lowest BCUT2D eigenvalue weighted by Gasteiger charge is -2.02. The van der Waals surface area contributed by atoms with Crippen LogP contribution in [0.15, 0.2) is 65.0 Å². The zero-order chi connectivity index (χ0) is 14.9. The van der Waals surface area contributed by atoms with E-state index in [9.17, 15) is 4.79 Å². The topological polar surface area (TPSA) is 72.3 Å². The van der Waals surface area contributed by atoms with Crippen molar-refractivity contribution in [3.05, 3.63) is 60.2 Å². The Labute approximate surface area is 122 Å². The molecule has 2 aromatic carbocycles. The molecule has 0 saturated carbocycles. The summed E-state index contributed by atoms with van der Waals surface area (Å²) >= 11 is 0. The van der Waals surface area contributed by atoms with Crippen LogP contribution < -0.4 is 10.1 Å². The summed E-state index contributed by atoms with van der Waals surface area (Å²) in [6.07, 6.45) is -0.656.